The number of amides is 1. The number of nitrogens with one attached hydrogen (secondary N) is 1. The molecule has 106 valence electrons. The molecule has 0 radical (unpaired) electrons. The third-order valence-corrected chi connectivity index (χ3v) is 2.82. The van der Waals surface area contributed by atoms with Gasteiger partial charge in [0.25, 0.3) is 5.91 Å². The monoisotopic (exact) mass is 269 g/mol. The lowest BCUT2D eigenvalue weighted by atomic mass is 10.1. The summed E-state index contributed by atoms with van der Waals surface area (Å²) >= 11 is 0. The number of ether oxygens (including phenoxy) is 1. The van der Waals surface area contributed by atoms with Gasteiger partial charge in [-0.25, -0.2) is 4.39 Å². The third kappa shape index (κ3) is 4.61. The summed E-state index contributed by atoms with van der Waals surface area (Å²) in [6.45, 7) is 3.84. The zero-order chi connectivity index (χ0) is 14.4. The molecular weight excluding hydrogens is 249 g/mol. The smallest absolute Gasteiger partial charge is 0.251 e. The summed E-state index contributed by atoms with van der Waals surface area (Å²) in [5, 5.41) is 12.1. The van der Waals surface area contributed by atoms with Crippen LogP contribution in [0, 0.1) is 19.7 Å². The van der Waals surface area contributed by atoms with Crippen LogP contribution < -0.4 is 5.32 Å². The van der Waals surface area contributed by atoms with E-state index >= 15 is 0 Å². The Kier molecular flexibility index (Phi) is 5.92. The summed E-state index contributed by atoms with van der Waals surface area (Å²) in [5.74, 6) is -0.553. The van der Waals surface area contributed by atoms with Gasteiger partial charge >= 0.3 is 0 Å². The highest BCUT2D eigenvalue weighted by atomic mass is 19.1. The zero-order valence-electron chi connectivity index (χ0n) is 11.5. The van der Waals surface area contributed by atoms with E-state index in [1.54, 1.807) is 13.8 Å². The number of aryl methyl sites for hydroxylation is 2. The molecule has 0 aromatic heterocycles. The first-order valence-electron chi connectivity index (χ1n) is 6.17. The summed E-state index contributed by atoms with van der Waals surface area (Å²) in [7, 11) is 1.51. The lowest BCUT2D eigenvalue weighted by Gasteiger charge is -2.11. The number of aliphatic hydroxyl groups is 1. The number of carbonyl (C=O) groups excluding carboxylic acids is 1. The summed E-state index contributed by atoms with van der Waals surface area (Å²) in [4.78, 5) is 11.9. The fourth-order valence-electron chi connectivity index (χ4n) is 1.81. The van der Waals surface area contributed by atoms with Gasteiger partial charge in [0.15, 0.2) is 0 Å². The van der Waals surface area contributed by atoms with Crippen molar-refractivity contribution >= 4 is 5.91 Å². The van der Waals surface area contributed by atoms with Gasteiger partial charge in [-0.15, -0.1) is 0 Å². The molecule has 0 bridgehead atoms. The lowest BCUT2D eigenvalue weighted by Crippen LogP contribution is -2.28. The van der Waals surface area contributed by atoms with Crippen LogP contribution in [0.3, 0.4) is 0 Å². The Bertz CT molecular complexity index is 425. The molecule has 0 saturated heterocycles. The normalized spacial score (nSPS) is 12.3. The molecule has 1 rings (SSSR count). The Morgan fingerprint density at radius 2 is 2.00 bits per heavy atom. The molecule has 0 saturated carbocycles. The van der Waals surface area contributed by atoms with Crippen LogP contribution in [0.2, 0.25) is 0 Å². The Labute approximate surface area is 112 Å². The molecular formula is C14H20FNO3. The van der Waals surface area contributed by atoms with Crippen molar-refractivity contribution in [3.05, 3.63) is 34.6 Å². The van der Waals surface area contributed by atoms with Crippen molar-refractivity contribution in [2.75, 3.05) is 20.3 Å². The standard InChI is InChI=1S/C14H20FNO3/c1-9-6-11(7-10(2)13(9)15)14(18)16-5-4-12(17)8-19-3/h6-7,12,17H,4-5,8H2,1-3H3,(H,16,18). The zero-order valence-corrected chi connectivity index (χ0v) is 11.5. The molecule has 1 aromatic rings. The van der Waals surface area contributed by atoms with Crippen molar-refractivity contribution in [3.8, 4) is 0 Å². The van der Waals surface area contributed by atoms with Crippen molar-refractivity contribution in [1.29, 1.82) is 0 Å². The number of aliphatic hydroxyl groups excluding tert-OH is 1. The van der Waals surface area contributed by atoms with Crippen molar-refractivity contribution in [2.45, 2.75) is 26.4 Å². The van der Waals surface area contributed by atoms with E-state index in [0.29, 0.717) is 29.7 Å². The first-order valence-corrected chi connectivity index (χ1v) is 6.17. The molecule has 0 heterocycles. The number of halogens is 1. The highest BCUT2D eigenvalue weighted by molar-refractivity contribution is 5.94. The Hall–Kier alpha value is -1.46. The van der Waals surface area contributed by atoms with Gasteiger partial charge in [-0.05, 0) is 43.5 Å². The summed E-state index contributed by atoms with van der Waals surface area (Å²) < 4.78 is 18.2. The lowest BCUT2D eigenvalue weighted by molar-refractivity contribution is 0.0587. The van der Waals surface area contributed by atoms with Gasteiger partial charge in [0.05, 0.1) is 12.7 Å². The molecule has 0 fully saturated rings. The maximum Gasteiger partial charge on any atom is 0.251 e. The van der Waals surface area contributed by atoms with E-state index in [4.69, 9.17) is 4.74 Å². The van der Waals surface area contributed by atoms with Crippen LogP contribution in [0.1, 0.15) is 27.9 Å². The van der Waals surface area contributed by atoms with Crippen LogP contribution in [0.15, 0.2) is 12.1 Å². The second kappa shape index (κ2) is 7.21. The van der Waals surface area contributed by atoms with E-state index in [2.05, 4.69) is 5.32 Å². The molecule has 0 aliphatic carbocycles. The first kappa shape index (κ1) is 15.6. The molecule has 1 unspecified atom stereocenters. The number of benzene rings is 1. The maximum atomic E-state index is 13.4. The van der Waals surface area contributed by atoms with Crippen molar-refractivity contribution in [3.63, 3.8) is 0 Å². The highest BCUT2D eigenvalue weighted by Crippen LogP contribution is 2.14. The van der Waals surface area contributed by atoms with E-state index in [9.17, 15) is 14.3 Å². The van der Waals surface area contributed by atoms with Crippen molar-refractivity contribution in [1.82, 2.24) is 5.32 Å². The molecule has 1 atom stereocenters. The number of carbonyl (C=O) groups is 1. The van der Waals surface area contributed by atoms with E-state index in [1.165, 1.54) is 19.2 Å². The fourth-order valence-corrected chi connectivity index (χ4v) is 1.81. The molecule has 2 N–H and O–H groups in total. The molecule has 0 spiro atoms. The van der Waals surface area contributed by atoms with E-state index in [-0.39, 0.29) is 18.3 Å². The third-order valence-electron chi connectivity index (χ3n) is 2.82. The van der Waals surface area contributed by atoms with Gasteiger partial charge in [-0.2, -0.15) is 0 Å². The van der Waals surface area contributed by atoms with Gasteiger partial charge < -0.3 is 15.2 Å². The van der Waals surface area contributed by atoms with Crippen LogP contribution in [-0.2, 0) is 4.74 Å². The van der Waals surface area contributed by atoms with Crippen molar-refractivity contribution in [2.24, 2.45) is 0 Å². The van der Waals surface area contributed by atoms with Crippen LogP contribution in [0.25, 0.3) is 0 Å². The van der Waals surface area contributed by atoms with Gasteiger partial charge in [0, 0.05) is 19.2 Å². The van der Waals surface area contributed by atoms with E-state index in [0.717, 1.165) is 0 Å². The van der Waals surface area contributed by atoms with Crippen molar-refractivity contribution < 1.29 is 19.0 Å². The topological polar surface area (TPSA) is 58.6 Å². The van der Waals surface area contributed by atoms with Crippen LogP contribution >= 0.6 is 0 Å². The quantitative estimate of drug-likeness (QED) is 0.824. The average molecular weight is 269 g/mol. The van der Waals surface area contributed by atoms with Crippen LogP contribution in [-0.4, -0.2) is 37.4 Å². The predicted octanol–water partition coefficient (Wildman–Crippen LogP) is 1.57. The number of methoxy groups -OCH3 is 1. The molecule has 4 nitrogen and oxygen atoms in total. The Morgan fingerprint density at radius 1 is 1.42 bits per heavy atom. The Balaban J connectivity index is 2.55. The second-order valence-corrected chi connectivity index (χ2v) is 4.58. The minimum atomic E-state index is -0.595. The Morgan fingerprint density at radius 3 is 2.53 bits per heavy atom. The highest BCUT2D eigenvalue weighted by Gasteiger charge is 2.11. The van der Waals surface area contributed by atoms with Gasteiger partial charge in [0.2, 0.25) is 0 Å². The van der Waals surface area contributed by atoms with Gasteiger partial charge in [-0.1, -0.05) is 0 Å². The fraction of sp³-hybridized carbons (Fsp3) is 0.500. The maximum absolute atomic E-state index is 13.4. The van der Waals surface area contributed by atoms with Gasteiger partial charge in [-0.3, -0.25) is 4.79 Å². The molecule has 0 aliphatic heterocycles. The number of hydrogen-bond acceptors (Lipinski definition) is 3. The predicted molar refractivity (Wildman–Crippen MR) is 70.7 cm³/mol. The largest absolute Gasteiger partial charge is 0.391 e. The van der Waals surface area contributed by atoms with Crippen LogP contribution in [0.5, 0.6) is 0 Å². The molecule has 19 heavy (non-hydrogen) atoms. The minimum absolute atomic E-state index is 0.241. The van der Waals surface area contributed by atoms with E-state index < -0.39 is 6.10 Å². The number of hydrogen-bond donors (Lipinski definition) is 2. The van der Waals surface area contributed by atoms with Gasteiger partial charge in [0.1, 0.15) is 5.82 Å². The molecule has 1 aromatic carbocycles. The summed E-state index contributed by atoms with van der Waals surface area (Å²) in [6.07, 6.45) is -0.180. The molecule has 1 amide bonds. The summed E-state index contributed by atoms with van der Waals surface area (Å²) in [5.41, 5.74) is 1.33. The summed E-state index contributed by atoms with van der Waals surface area (Å²) in [6, 6.07) is 3.03. The minimum Gasteiger partial charge on any atom is -0.391 e. The molecule has 5 heteroatoms. The van der Waals surface area contributed by atoms with E-state index in [1.807, 2.05) is 0 Å². The number of rotatable bonds is 6. The second-order valence-electron chi connectivity index (χ2n) is 4.58. The average Bonchev–Trinajstić information content (AvgIpc) is 2.35. The van der Waals surface area contributed by atoms with Crippen LogP contribution in [0.4, 0.5) is 4.39 Å². The SMILES string of the molecule is COCC(O)CCNC(=O)c1cc(C)c(F)c(C)c1. The first-order chi connectivity index (χ1) is 8.95. The molecule has 0 aliphatic rings.